The average molecular weight is 164 g/mol. The summed E-state index contributed by atoms with van der Waals surface area (Å²) < 4.78 is 5.19. The molecule has 0 aromatic heterocycles. The summed E-state index contributed by atoms with van der Waals surface area (Å²) in [7, 11) is 0. The van der Waals surface area contributed by atoms with Gasteiger partial charge in [0.15, 0.2) is 0 Å². The molecule has 1 saturated heterocycles. The molecule has 0 aromatic rings. The number of alkyl halides is 1. The fourth-order valence-electron chi connectivity index (χ4n) is 1.10. The maximum atomic E-state index is 6.08. The second-order valence-corrected chi connectivity index (χ2v) is 3.93. The molecule has 1 heterocycles. The van der Waals surface area contributed by atoms with Gasteiger partial charge in [-0.05, 0) is 13.8 Å². The summed E-state index contributed by atoms with van der Waals surface area (Å²) in [5.74, 6) is 0. The van der Waals surface area contributed by atoms with Gasteiger partial charge in [-0.2, -0.15) is 0 Å². The molecule has 0 bridgehead atoms. The number of morpholine rings is 1. The Morgan fingerprint density at radius 1 is 1.30 bits per heavy atom. The molecule has 3 heteroatoms. The third-order valence-corrected chi connectivity index (χ3v) is 2.00. The second-order valence-electron chi connectivity index (χ2n) is 3.01. The first kappa shape index (κ1) is 8.31. The Labute approximate surface area is 67.1 Å². The first-order valence-corrected chi connectivity index (χ1v) is 4.00. The topological polar surface area (TPSA) is 12.5 Å². The van der Waals surface area contributed by atoms with E-state index in [2.05, 4.69) is 4.90 Å². The van der Waals surface area contributed by atoms with Gasteiger partial charge in [0.1, 0.15) is 0 Å². The Balaban J connectivity index is 2.39. The molecule has 0 amide bonds. The van der Waals surface area contributed by atoms with Crippen LogP contribution in [0.25, 0.3) is 0 Å². The molecule has 0 spiro atoms. The van der Waals surface area contributed by atoms with E-state index in [1.807, 2.05) is 13.8 Å². The predicted octanol–water partition coefficient (Wildman–Crippen LogP) is 1.29. The summed E-state index contributed by atoms with van der Waals surface area (Å²) in [4.78, 5) is 2.02. The maximum Gasteiger partial charge on any atom is 0.0905 e. The van der Waals surface area contributed by atoms with Gasteiger partial charge in [0.2, 0.25) is 0 Å². The number of ether oxygens (including phenoxy) is 1. The monoisotopic (exact) mass is 163 g/mol. The van der Waals surface area contributed by atoms with E-state index >= 15 is 0 Å². The van der Waals surface area contributed by atoms with Gasteiger partial charge in [-0.1, -0.05) is 0 Å². The van der Waals surface area contributed by atoms with Gasteiger partial charge in [0.25, 0.3) is 0 Å². The molecule has 0 N–H and O–H groups in total. The molecule has 1 aliphatic rings. The Hall–Kier alpha value is 0.210. The largest absolute Gasteiger partial charge is 0.379 e. The predicted molar refractivity (Wildman–Crippen MR) is 42.3 cm³/mol. The molecule has 1 fully saturated rings. The zero-order chi connectivity index (χ0) is 7.61. The lowest BCUT2D eigenvalue weighted by Crippen LogP contribution is -2.46. The Morgan fingerprint density at radius 2 is 1.80 bits per heavy atom. The zero-order valence-corrected chi connectivity index (χ0v) is 7.32. The Morgan fingerprint density at radius 3 is 2.10 bits per heavy atom. The molecule has 1 rings (SSSR count). The molecule has 0 unspecified atom stereocenters. The van der Waals surface area contributed by atoms with Gasteiger partial charge >= 0.3 is 0 Å². The van der Waals surface area contributed by atoms with Crippen LogP contribution in [-0.2, 0) is 4.74 Å². The van der Waals surface area contributed by atoms with E-state index in [4.69, 9.17) is 16.3 Å². The van der Waals surface area contributed by atoms with Crippen molar-refractivity contribution in [2.24, 2.45) is 0 Å². The van der Waals surface area contributed by atoms with Crippen LogP contribution >= 0.6 is 11.6 Å². The number of rotatable bonds is 1. The van der Waals surface area contributed by atoms with Crippen molar-refractivity contribution in [1.29, 1.82) is 0 Å². The van der Waals surface area contributed by atoms with Crippen molar-refractivity contribution in [2.45, 2.75) is 18.8 Å². The van der Waals surface area contributed by atoms with Crippen LogP contribution in [0.2, 0.25) is 0 Å². The summed E-state index contributed by atoms with van der Waals surface area (Å²) in [6.45, 7) is 7.57. The average Bonchev–Trinajstić information content (AvgIpc) is 1.88. The van der Waals surface area contributed by atoms with Gasteiger partial charge < -0.3 is 4.74 Å². The molecule has 0 radical (unpaired) electrons. The number of hydrogen-bond acceptors (Lipinski definition) is 2. The van der Waals surface area contributed by atoms with Crippen molar-refractivity contribution in [2.75, 3.05) is 26.3 Å². The van der Waals surface area contributed by atoms with Crippen LogP contribution in [-0.4, -0.2) is 36.2 Å². The van der Waals surface area contributed by atoms with Crippen LogP contribution in [0.5, 0.6) is 0 Å². The fraction of sp³-hybridized carbons (Fsp3) is 1.00. The minimum absolute atomic E-state index is 0.205. The normalized spacial score (nSPS) is 23.1. The zero-order valence-electron chi connectivity index (χ0n) is 6.56. The molecule has 60 valence electrons. The van der Waals surface area contributed by atoms with E-state index in [-0.39, 0.29) is 5.00 Å². The van der Waals surface area contributed by atoms with Crippen LogP contribution in [0.3, 0.4) is 0 Å². The van der Waals surface area contributed by atoms with Gasteiger partial charge in [-0.15, -0.1) is 11.6 Å². The van der Waals surface area contributed by atoms with E-state index in [1.165, 1.54) is 0 Å². The lowest BCUT2D eigenvalue weighted by molar-refractivity contribution is 0.0139. The Bertz CT molecular complexity index is 105. The van der Waals surface area contributed by atoms with E-state index in [1.54, 1.807) is 0 Å². The highest BCUT2D eigenvalue weighted by molar-refractivity contribution is 6.23. The minimum atomic E-state index is -0.205. The SMILES string of the molecule is CC(C)(Cl)N1CCOCC1. The molecular weight excluding hydrogens is 150 g/mol. The van der Waals surface area contributed by atoms with Crippen molar-refractivity contribution in [3.05, 3.63) is 0 Å². The molecule has 1 aliphatic heterocycles. The standard InChI is InChI=1S/C7H14ClNO/c1-7(2,8)9-3-5-10-6-4-9/h3-6H2,1-2H3. The van der Waals surface area contributed by atoms with Gasteiger partial charge in [-0.25, -0.2) is 0 Å². The third-order valence-electron chi connectivity index (χ3n) is 1.76. The van der Waals surface area contributed by atoms with Crippen molar-refractivity contribution in [3.63, 3.8) is 0 Å². The van der Waals surface area contributed by atoms with Gasteiger partial charge in [0, 0.05) is 13.1 Å². The first-order chi connectivity index (χ1) is 4.61. The van der Waals surface area contributed by atoms with Crippen LogP contribution in [0.15, 0.2) is 0 Å². The molecule has 0 atom stereocenters. The number of halogens is 1. The highest BCUT2D eigenvalue weighted by Crippen LogP contribution is 2.19. The lowest BCUT2D eigenvalue weighted by Gasteiger charge is -2.35. The van der Waals surface area contributed by atoms with Crippen molar-refractivity contribution in [1.82, 2.24) is 4.90 Å². The third kappa shape index (κ3) is 2.11. The van der Waals surface area contributed by atoms with Crippen LogP contribution < -0.4 is 0 Å². The summed E-state index contributed by atoms with van der Waals surface area (Å²) in [5.41, 5.74) is 0. The quantitative estimate of drug-likeness (QED) is 0.427. The van der Waals surface area contributed by atoms with Crippen LogP contribution in [0.1, 0.15) is 13.8 Å². The lowest BCUT2D eigenvalue weighted by atomic mass is 10.3. The molecule has 0 saturated carbocycles. The molecule has 0 aliphatic carbocycles. The van der Waals surface area contributed by atoms with E-state index in [0.717, 1.165) is 26.3 Å². The van der Waals surface area contributed by atoms with Crippen molar-refractivity contribution in [3.8, 4) is 0 Å². The summed E-state index contributed by atoms with van der Waals surface area (Å²) in [5, 5.41) is 0. The first-order valence-electron chi connectivity index (χ1n) is 3.62. The van der Waals surface area contributed by atoms with Gasteiger partial charge in [0.05, 0.1) is 18.2 Å². The smallest absolute Gasteiger partial charge is 0.0905 e. The molecule has 2 nitrogen and oxygen atoms in total. The number of nitrogens with zero attached hydrogens (tertiary/aromatic N) is 1. The summed E-state index contributed by atoms with van der Waals surface area (Å²) in [6, 6.07) is 0. The van der Waals surface area contributed by atoms with Gasteiger partial charge in [-0.3, -0.25) is 4.90 Å². The minimum Gasteiger partial charge on any atom is -0.379 e. The van der Waals surface area contributed by atoms with Crippen molar-refractivity contribution < 1.29 is 4.74 Å². The van der Waals surface area contributed by atoms with Crippen LogP contribution in [0.4, 0.5) is 0 Å². The van der Waals surface area contributed by atoms with Crippen LogP contribution in [0, 0.1) is 0 Å². The molecular formula is C7H14ClNO. The summed E-state index contributed by atoms with van der Waals surface area (Å²) >= 11 is 6.08. The van der Waals surface area contributed by atoms with E-state index < -0.39 is 0 Å². The maximum absolute atomic E-state index is 6.08. The molecule has 10 heavy (non-hydrogen) atoms. The second kappa shape index (κ2) is 3.07. The highest BCUT2D eigenvalue weighted by Gasteiger charge is 2.24. The number of hydrogen-bond donors (Lipinski definition) is 0. The Kier molecular flexibility index (Phi) is 2.55. The molecule has 0 aromatic carbocycles. The van der Waals surface area contributed by atoms with E-state index in [9.17, 15) is 0 Å². The van der Waals surface area contributed by atoms with E-state index in [0.29, 0.717) is 0 Å². The highest BCUT2D eigenvalue weighted by atomic mass is 35.5. The fourth-order valence-corrected chi connectivity index (χ4v) is 1.26. The summed E-state index contributed by atoms with van der Waals surface area (Å²) in [6.07, 6.45) is 0. The van der Waals surface area contributed by atoms with Crippen molar-refractivity contribution >= 4 is 11.6 Å².